The van der Waals surface area contributed by atoms with Gasteiger partial charge in [0.25, 0.3) is 0 Å². The van der Waals surface area contributed by atoms with Crippen LogP contribution < -0.4 is 0 Å². The number of hydrogen-bond acceptors (Lipinski definition) is 0. The summed E-state index contributed by atoms with van der Waals surface area (Å²) in [7, 11) is 0.817. The summed E-state index contributed by atoms with van der Waals surface area (Å²) in [6.07, 6.45) is 3.05. The van der Waals surface area contributed by atoms with E-state index in [0.29, 0.717) is 15.8 Å². The molecule has 0 rings (SSSR count). The van der Waals surface area contributed by atoms with Crippen LogP contribution in [0.15, 0.2) is 0 Å². The van der Waals surface area contributed by atoms with Crippen molar-refractivity contribution in [1.29, 1.82) is 0 Å². The molecule has 0 heterocycles. The van der Waals surface area contributed by atoms with Gasteiger partial charge in [0, 0.05) is 0 Å². The van der Waals surface area contributed by atoms with Gasteiger partial charge in [-0.15, -0.1) is 0 Å². The van der Waals surface area contributed by atoms with Gasteiger partial charge in [-0.1, -0.05) is 0 Å². The normalized spacial score (nSPS) is 11.2. The predicted molar refractivity (Wildman–Crippen MR) is 91.8 cm³/mol. The van der Waals surface area contributed by atoms with Gasteiger partial charge in [-0.2, -0.15) is 0 Å². The Morgan fingerprint density at radius 1 is 0.625 bits per heavy atom. The quantitative estimate of drug-likeness (QED) is 0.449. The van der Waals surface area contributed by atoms with Gasteiger partial charge in [-0.05, 0) is 0 Å². The summed E-state index contributed by atoms with van der Waals surface area (Å²) in [5, 5.41) is 3.16. The molecule has 0 atom stereocenters. The third-order valence-electron chi connectivity index (χ3n) is 2.12. The standard InChI is InChI=1S/2C6H16GeP/c2*1-7(2)5-6-8(3)4/h2*5-6H2,1-4H3. The summed E-state index contributed by atoms with van der Waals surface area (Å²) < 4.78 is 0. The average molecular weight is 384 g/mol. The molecule has 0 aromatic heterocycles. The van der Waals surface area contributed by atoms with Crippen LogP contribution >= 0.6 is 15.8 Å². The monoisotopic (exact) mass is 386 g/mol. The zero-order chi connectivity index (χ0) is 13.1. The molecular formula is C12H32Ge2P2. The van der Waals surface area contributed by atoms with Crippen molar-refractivity contribution in [3.8, 4) is 0 Å². The Morgan fingerprint density at radius 2 is 0.875 bits per heavy atom. The van der Waals surface area contributed by atoms with Crippen molar-refractivity contribution in [3.05, 3.63) is 0 Å². The minimum atomic E-state index is -0.433. The van der Waals surface area contributed by atoms with Gasteiger partial charge in [0.05, 0.1) is 0 Å². The minimum absolute atomic E-state index is 0.409. The van der Waals surface area contributed by atoms with Crippen molar-refractivity contribution < 1.29 is 0 Å². The van der Waals surface area contributed by atoms with Crippen LogP contribution in [0, 0.1) is 0 Å². The number of hydrogen-bond donors (Lipinski definition) is 0. The van der Waals surface area contributed by atoms with Crippen LogP contribution in [0.5, 0.6) is 0 Å². The Labute approximate surface area is 116 Å². The molecule has 0 nitrogen and oxygen atoms in total. The first-order chi connectivity index (χ1) is 7.25. The zero-order valence-electron chi connectivity index (χ0n) is 12.7. The molecule has 0 aliphatic carbocycles. The summed E-state index contributed by atoms with van der Waals surface area (Å²) in [5.74, 6) is 9.83. The Hall–Kier alpha value is 1.95. The summed E-state index contributed by atoms with van der Waals surface area (Å²) in [6.45, 7) is 9.49. The van der Waals surface area contributed by atoms with Crippen molar-refractivity contribution >= 4 is 44.5 Å². The number of rotatable bonds is 6. The van der Waals surface area contributed by atoms with E-state index in [1.54, 1.807) is 10.5 Å². The van der Waals surface area contributed by atoms with E-state index in [1.807, 2.05) is 0 Å². The van der Waals surface area contributed by atoms with Crippen LogP contribution in [0.1, 0.15) is 0 Å². The van der Waals surface area contributed by atoms with Crippen molar-refractivity contribution in [1.82, 2.24) is 0 Å². The van der Waals surface area contributed by atoms with Gasteiger partial charge < -0.3 is 0 Å². The van der Waals surface area contributed by atoms with Crippen LogP contribution in [-0.2, 0) is 0 Å². The van der Waals surface area contributed by atoms with Gasteiger partial charge >= 0.3 is 117 Å². The van der Waals surface area contributed by atoms with Crippen molar-refractivity contribution in [2.45, 2.75) is 33.5 Å². The summed E-state index contributed by atoms with van der Waals surface area (Å²) in [4.78, 5) is 0. The molecule has 0 bridgehead atoms. The molecule has 0 N–H and O–H groups in total. The third kappa shape index (κ3) is 25.0. The molecule has 0 aliphatic heterocycles. The maximum absolute atomic E-state index is 2.46. The second kappa shape index (κ2) is 13.4. The molecule has 98 valence electrons. The molecule has 0 aromatic rings. The first-order valence-electron chi connectivity index (χ1n) is 6.13. The van der Waals surface area contributed by atoms with Crippen molar-refractivity contribution in [2.75, 3.05) is 39.0 Å². The molecule has 16 heavy (non-hydrogen) atoms. The molecule has 0 aromatic carbocycles. The van der Waals surface area contributed by atoms with Gasteiger partial charge in [0.15, 0.2) is 0 Å². The predicted octanol–water partition coefficient (Wildman–Crippen LogP) is 4.96. The SMILES string of the molecule is CP(C)C[CH2][Ge]([CH3])[CH3].CP(C)C[CH2][Ge]([CH3])[CH3]. The van der Waals surface area contributed by atoms with Crippen molar-refractivity contribution in [3.63, 3.8) is 0 Å². The van der Waals surface area contributed by atoms with E-state index in [2.05, 4.69) is 49.7 Å². The van der Waals surface area contributed by atoms with Crippen LogP contribution in [-0.4, -0.2) is 67.7 Å². The first-order valence-corrected chi connectivity index (χ1v) is 22.3. The van der Waals surface area contributed by atoms with Crippen LogP contribution in [0.2, 0.25) is 33.5 Å². The zero-order valence-corrected chi connectivity index (χ0v) is 18.7. The molecule has 0 aliphatic rings. The second-order valence-electron chi connectivity index (χ2n) is 5.52. The molecule has 0 saturated heterocycles. The van der Waals surface area contributed by atoms with Crippen LogP contribution in [0.3, 0.4) is 0 Å². The van der Waals surface area contributed by atoms with E-state index in [9.17, 15) is 0 Å². The molecule has 0 saturated carbocycles. The Balaban J connectivity index is 0. The fourth-order valence-electron chi connectivity index (χ4n) is 0.894. The fourth-order valence-corrected chi connectivity index (χ4v) is 13.9. The summed E-state index contributed by atoms with van der Waals surface area (Å²) in [6, 6.07) is 0. The van der Waals surface area contributed by atoms with Gasteiger partial charge in [0.1, 0.15) is 0 Å². The maximum atomic E-state index is 2.46. The molecular weight excluding hydrogens is 351 g/mol. The van der Waals surface area contributed by atoms with E-state index in [-0.39, 0.29) is 0 Å². The Morgan fingerprint density at radius 3 is 0.938 bits per heavy atom. The second-order valence-corrected chi connectivity index (χ2v) is 23.0. The molecule has 0 spiro atoms. The Kier molecular flexibility index (Phi) is 16.9. The molecule has 2 radical (unpaired) electrons. The molecule has 0 amide bonds. The molecule has 4 heteroatoms. The fraction of sp³-hybridized carbons (Fsp3) is 1.00. The topological polar surface area (TPSA) is 0 Å². The summed E-state index contributed by atoms with van der Waals surface area (Å²) >= 11 is -0.866. The molecule has 0 unspecified atom stereocenters. The van der Waals surface area contributed by atoms with Crippen LogP contribution in [0.4, 0.5) is 0 Å². The first kappa shape index (κ1) is 20.3. The van der Waals surface area contributed by atoms with Gasteiger partial charge in [-0.25, -0.2) is 0 Å². The Bertz CT molecular complexity index is 105. The van der Waals surface area contributed by atoms with E-state index >= 15 is 0 Å². The van der Waals surface area contributed by atoms with E-state index in [0.717, 1.165) is 0 Å². The van der Waals surface area contributed by atoms with Gasteiger partial charge in [0.2, 0.25) is 0 Å². The van der Waals surface area contributed by atoms with E-state index in [4.69, 9.17) is 0 Å². The van der Waals surface area contributed by atoms with E-state index in [1.165, 1.54) is 12.3 Å². The average Bonchev–Trinajstić information content (AvgIpc) is 2.12. The van der Waals surface area contributed by atoms with Crippen molar-refractivity contribution in [2.24, 2.45) is 0 Å². The third-order valence-corrected chi connectivity index (χ3v) is 11.4. The molecule has 0 fully saturated rings. The van der Waals surface area contributed by atoms with Gasteiger partial charge in [-0.3, -0.25) is 0 Å². The van der Waals surface area contributed by atoms with Crippen LogP contribution in [0.25, 0.3) is 0 Å². The summed E-state index contributed by atoms with van der Waals surface area (Å²) in [5.41, 5.74) is 0. The van der Waals surface area contributed by atoms with E-state index < -0.39 is 28.7 Å².